The molecule has 7 nitrogen and oxygen atoms in total. The van der Waals surface area contributed by atoms with Gasteiger partial charge in [-0.05, 0) is 23.8 Å². The highest BCUT2D eigenvalue weighted by molar-refractivity contribution is 5.86. The van der Waals surface area contributed by atoms with E-state index in [9.17, 15) is 4.79 Å². The Morgan fingerprint density at radius 3 is 2.95 bits per heavy atom. The highest BCUT2D eigenvalue weighted by atomic mass is 16.4. The Hall–Kier alpha value is -2.80. The van der Waals surface area contributed by atoms with E-state index >= 15 is 0 Å². The molecule has 3 N–H and O–H groups in total. The Morgan fingerprint density at radius 2 is 2.19 bits per heavy atom. The van der Waals surface area contributed by atoms with Gasteiger partial charge in [-0.25, -0.2) is 9.48 Å². The van der Waals surface area contributed by atoms with Gasteiger partial charge in [0.25, 0.3) is 0 Å². The number of rotatable bonds is 4. The average molecular weight is 283 g/mol. The normalized spacial score (nSPS) is 10.9. The molecule has 0 aliphatic carbocycles. The number of carboxylic acid groups (broad SMARTS) is 1. The standard InChI is InChI=1S/C14H13N5O2/c15-7-12-13(14(20)21)17-18-19(12)8-9-3-4-11-10(6-9)2-1-5-16-11/h1-6H,7-8,15H2,(H,20,21). The van der Waals surface area contributed by atoms with E-state index in [0.717, 1.165) is 16.5 Å². The fraction of sp³-hybridized carbons (Fsp3) is 0.143. The van der Waals surface area contributed by atoms with Crippen LogP contribution in [0.1, 0.15) is 21.7 Å². The van der Waals surface area contributed by atoms with E-state index in [2.05, 4.69) is 15.3 Å². The molecule has 0 radical (unpaired) electrons. The summed E-state index contributed by atoms with van der Waals surface area (Å²) in [5, 5.41) is 17.6. The van der Waals surface area contributed by atoms with Crippen LogP contribution in [-0.4, -0.2) is 31.1 Å². The van der Waals surface area contributed by atoms with Gasteiger partial charge in [0.1, 0.15) is 0 Å². The van der Waals surface area contributed by atoms with E-state index < -0.39 is 5.97 Å². The summed E-state index contributed by atoms with van der Waals surface area (Å²) >= 11 is 0. The first-order valence-corrected chi connectivity index (χ1v) is 6.38. The van der Waals surface area contributed by atoms with Gasteiger partial charge in [0, 0.05) is 18.1 Å². The molecule has 0 saturated heterocycles. The van der Waals surface area contributed by atoms with Gasteiger partial charge in [-0.15, -0.1) is 5.10 Å². The Kier molecular flexibility index (Phi) is 3.33. The third-order valence-electron chi connectivity index (χ3n) is 3.23. The highest BCUT2D eigenvalue weighted by Gasteiger charge is 2.17. The van der Waals surface area contributed by atoms with Crippen molar-refractivity contribution in [3.8, 4) is 0 Å². The molecule has 0 fully saturated rings. The van der Waals surface area contributed by atoms with Crippen LogP contribution in [0.25, 0.3) is 10.9 Å². The molecule has 0 amide bonds. The number of hydrogen-bond acceptors (Lipinski definition) is 5. The molecule has 0 spiro atoms. The van der Waals surface area contributed by atoms with Crippen molar-refractivity contribution in [1.29, 1.82) is 0 Å². The third kappa shape index (κ3) is 2.46. The topological polar surface area (TPSA) is 107 Å². The number of carboxylic acids is 1. The molecule has 0 aliphatic rings. The van der Waals surface area contributed by atoms with Gasteiger partial charge in [0.05, 0.1) is 17.8 Å². The molecule has 21 heavy (non-hydrogen) atoms. The van der Waals surface area contributed by atoms with Crippen LogP contribution in [-0.2, 0) is 13.1 Å². The van der Waals surface area contributed by atoms with Crippen LogP contribution in [0.5, 0.6) is 0 Å². The van der Waals surface area contributed by atoms with Gasteiger partial charge in [0.2, 0.25) is 0 Å². The fourth-order valence-electron chi connectivity index (χ4n) is 2.22. The zero-order valence-corrected chi connectivity index (χ0v) is 11.1. The van der Waals surface area contributed by atoms with Crippen LogP contribution in [0.4, 0.5) is 0 Å². The number of pyridine rings is 1. The lowest BCUT2D eigenvalue weighted by Crippen LogP contribution is -2.13. The summed E-state index contributed by atoms with van der Waals surface area (Å²) in [4.78, 5) is 15.3. The van der Waals surface area contributed by atoms with Gasteiger partial charge in [-0.1, -0.05) is 17.3 Å². The third-order valence-corrected chi connectivity index (χ3v) is 3.23. The Bertz CT molecular complexity index is 812. The number of aromatic nitrogens is 4. The lowest BCUT2D eigenvalue weighted by atomic mass is 10.1. The summed E-state index contributed by atoms with van der Waals surface area (Å²) in [7, 11) is 0. The Balaban J connectivity index is 1.96. The summed E-state index contributed by atoms with van der Waals surface area (Å²) in [5.41, 5.74) is 7.80. The highest BCUT2D eigenvalue weighted by Crippen LogP contribution is 2.15. The Labute approximate surface area is 120 Å². The van der Waals surface area contributed by atoms with E-state index in [0.29, 0.717) is 12.2 Å². The monoisotopic (exact) mass is 283 g/mol. The molecule has 0 bridgehead atoms. The van der Waals surface area contributed by atoms with Crippen LogP contribution < -0.4 is 5.73 Å². The van der Waals surface area contributed by atoms with Crippen LogP contribution in [0, 0.1) is 0 Å². The summed E-state index contributed by atoms with van der Waals surface area (Å²) in [6, 6.07) is 9.68. The first-order chi connectivity index (χ1) is 10.2. The molecule has 1 aromatic carbocycles. The van der Waals surface area contributed by atoms with Crippen molar-refractivity contribution in [2.75, 3.05) is 0 Å². The maximum absolute atomic E-state index is 11.0. The van der Waals surface area contributed by atoms with E-state index in [4.69, 9.17) is 10.8 Å². The first-order valence-electron chi connectivity index (χ1n) is 6.38. The minimum atomic E-state index is -1.12. The van der Waals surface area contributed by atoms with Gasteiger partial charge >= 0.3 is 5.97 Å². The molecule has 7 heteroatoms. The SMILES string of the molecule is NCc1c(C(=O)O)nnn1Cc1ccc2ncccc2c1. The summed E-state index contributed by atoms with van der Waals surface area (Å²) in [5.74, 6) is -1.12. The number of aromatic carboxylic acids is 1. The predicted molar refractivity (Wildman–Crippen MR) is 75.7 cm³/mol. The van der Waals surface area contributed by atoms with Gasteiger partial charge < -0.3 is 10.8 Å². The van der Waals surface area contributed by atoms with E-state index in [1.54, 1.807) is 6.20 Å². The lowest BCUT2D eigenvalue weighted by Gasteiger charge is -2.06. The van der Waals surface area contributed by atoms with Gasteiger partial charge in [-0.2, -0.15) is 0 Å². The number of benzene rings is 1. The number of nitrogens with zero attached hydrogens (tertiary/aromatic N) is 4. The quantitative estimate of drug-likeness (QED) is 0.740. The lowest BCUT2D eigenvalue weighted by molar-refractivity contribution is 0.0689. The van der Waals surface area contributed by atoms with Crippen LogP contribution in [0.2, 0.25) is 0 Å². The molecule has 0 saturated carbocycles. The minimum Gasteiger partial charge on any atom is -0.476 e. The molecule has 0 aliphatic heterocycles. The molecular weight excluding hydrogens is 270 g/mol. The minimum absolute atomic E-state index is 0.0732. The molecule has 0 atom stereocenters. The maximum Gasteiger partial charge on any atom is 0.358 e. The molecule has 2 aromatic heterocycles. The van der Waals surface area contributed by atoms with E-state index in [1.807, 2.05) is 30.3 Å². The van der Waals surface area contributed by atoms with Crippen molar-refractivity contribution < 1.29 is 9.90 Å². The van der Waals surface area contributed by atoms with Crippen molar-refractivity contribution >= 4 is 16.9 Å². The average Bonchev–Trinajstić information content (AvgIpc) is 2.90. The largest absolute Gasteiger partial charge is 0.476 e. The Morgan fingerprint density at radius 1 is 1.33 bits per heavy atom. The predicted octanol–water partition coefficient (Wildman–Crippen LogP) is 1.03. The molecule has 3 aromatic rings. The van der Waals surface area contributed by atoms with Crippen LogP contribution in [0.3, 0.4) is 0 Å². The first kappa shape index (κ1) is 13.2. The van der Waals surface area contributed by atoms with Crippen molar-refractivity contribution in [3.05, 3.63) is 53.5 Å². The number of fused-ring (bicyclic) bond motifs is 1. The van der Waals surface area contributed by atoms with E-state index in [1.165, 1.54) is 4.68 Å². The van der Waals surface area contributed by atoms with Gasteiger partial charge in [-0.3, -0.25) is 4.98 Å². The smallest absolute Gasteiger partial charge is 0.358 e. The van der Waals surface area contributed by atoms with Crippen LogP contribution >= 0.6 is 0 Å². The zero-order valence-electron chi connectivity index (χ0n) is 11.1. The van der Waals surface area contributed by atoms with E-state index in [-0.39, 0.29) is 12.2 Å². The number of nitrogens with two attached hydrogens (primary N) is 1. The summed E-state index contributed by atoms with van der Waals surface area (Å²) in [6.07, 6.45) is 1.74. The van der Waals surface area contributed by atoms with Crippen molar-refractivity contribution in [2.24, 2.45) is 5.73 Å². The number of hydrogen-bond donors (Lipinski definition) is 2. The van der Waals surface area contributed by atoms with Crippen molar-refractivity contribution in [1.82, 2.24) is 20.0 Å². The van der Waals surface area contributed by atoms with Crippen molar-refractivity contribution in [3.63, 3.8) is 0 Å². The zero-order chi connectivity index (χ0) is 14.8. The second-order valence-corrected chi connectivity index (χ2v) is 4.58. The molecule has 2 heterocycles. The summed E-state index contributed by atoms with van der Waals surface area (Å²) in [6.45, 7) is 0.488. The second-order valence-electron chi connectivity index (χ2n) is 4.58. The fourth-order valence-corrected chi connectivity index (χ4v) is 2.22. The molecular formula is C14H13N5O2. The summed E-state index contributed by atoms with van der Waals surface area (Å²) < 4.78 is 1.51. The number of carbonyl (C=O) groups is 1. The maximum atomic E-state index is 11.0. The second kappa shape index (κ2) is 5.29. The molecule has 106 valence electrons. The van der Waals surface area contributed by atoms with Crippen LogP contribution in [0.15, 0.2) is 36.5 Å². The van der Waals surface area contributed by atoms with Crippen molar-refractivity contribution in [2.45, 2.75) is 13.1 Å². The molecule has 0 unspecified atom stereocenters. The van der Waals surface area contributed by atoms with Gasteiger partial charge in [0.15, 0.2) is 5.69 Å². The molecule has 3 rings (SSSR count).